The van der Waals surface area contributed by atoms with E-state index < -0.39 is 5.91 Å². The fourth-order valence-corrected chi connectivity index (χ4v) is 1.68. The van der Waals surface area contributed by atoms with Crippen LogP contribution in [0.25, 0.3) is 0 Å². The molecule has 0 aromatic heterocycles. The van der Waals surface area contributed by atoms with Crippen molar-refractivity contribution in [1.29, 1.82) is 0 Å². The van der Waals surface area contributed by atoms with Crippen molar-refractivity contribution >= 4 is 17.3 Å². The Hall–Kier alpha value is -2.69. The fourth-order valence-electron chi connectivity index (χ4n) is 1.68. The van der Waals surface area contributed by atoms with E-state index >= 15 is 0 Å². The smallest absolute Gasteiger partial charge is 0.255 e. The van der Waals surface area contributed by atoms with Gasteiger partial charge >= 0.3 is 0 Å². The number of nitrogens with two attached hydrogens (primary N) is 1. The summed E-state index contributed by atoms with van der Waals surface area (Å²) < 4.78 is 0. The fraction of sp³-hybridized carbons (Fsp3) is 0.0714. The van der Waals surface area contributed by atoms with Gasteiger partial charge in [-0.2, -0.15) is 0 Å². The first-order valence-electron chi connectivity index (χ1n) is 5.66. The number of carbonyl (C=O) groups is 1. The first-order valence-corrected chi connectivity index (χ1v) is 5.66. The molecule has 5 heteroatoms. The van der Waals surface area contributed by atoms with Crippen LogP contribution in [-0.4, -0.2) is 16.1 Å². The number of nitrogen functional groups attached to an aromatic ring is 1. The summed E-state index contributed by atoms with van der Waals surface area (Å²) in [5.41, 5.74) is 7.97. The van der Waals surface area contributed by atoms with Crippen LogP contribution >= 0.6 is 0 Å². The Bertz CT molecular complexity index is 618. The van der Waals surface area contributed by atoms with E-state index in [1.807, 2.05) is 6.92 Å². The van der Waals surface area contributed by atoms with Crippen LogP contribution in [0.15, 0.2) is 36.4 Å². The van der Waals surface area contributed by atoms with E-state index in [2.05, 4.69) is 5.32 Å². The minimum Gasteiger partial charge on any atom is -0.508 e. The molecule has 0 heterocycles. The molecule has 0 saturated carbocycles. The molecule has 2 aromatic rings. The van der Waals surface area contributed by atoms with E-state index in [9.17, 15) is 15.0 Å². The Balaban J connectivity index is 2.22. The van der Waals surface area contributed by atoms with Crippen LogP contribution in [0.3, 0.4) is 0 Å². The number of nitrogens with one attached hydrogen (secondary N) is 1. The van der Waals surface area contributed by atoms with Crippen molar-refractivity contribution in [2.45, 2.75) is 6.92 Å². The first-order chi connectivity index (χ1) is 8.95. The molecule has 0 fully saturated rings. The van der Waals surface area contributed by atoms with Crippen molar-refractivity contribution in [3.8, 4) is 11.5 Å². The average Bonchev–Trinajstić information content (AvgIpc) is 2.32. The number of anilines is 2. The highest BCUT2D eigenvalue weighted by Gasteiger charge is 2.09. The Labute approximate surface area is 110 Å². The maximum Gasteiger partial charge on any atom is 0.255 e. The molecule has 2 aromatic carbocycles. The van der Waals surface area contributed by atoms with Gasteiger partial charge in [-0.3, -0.25) is 4.79 Å². The standard InChI is InChI=1S/C14H14N2O3/c1-8-4-10(2-3-13(8)15)16-14(19)9-5-11(17)7-12(18)6-9/h2-7,17-18H,15H2,1H3,(H,16,19). The van der Waals surface area contributed by atoms with Crippen molar-refractivity contribution in [3.63, 3.8) is 0 Å². The lowest BCUT2D eigenvalue weighted by Crippen LogP contribution is -2.12. The molecule has 0 aliphatic rings. The third-order valence-corrected chi connectivity index (χ3v) is 2.69. The molecule has 5 N–H and O–H groups in total. The highest BCUT2D eigenvalue weighted by Crippen LogP contribution is 2.22. The summed E-state index contributed by atoms with van der Waals surface area (Å²) in [6, 6.07) is 8.84. The molecular formula is C14H14N2O3. The van der Waals surface area contributed by atoms with Gasteiger partial charge in [0.25, 0.3) is 5.91 Å². The minimum atomic E-state index is -0.421. The van der Waals surface area contributed by atoms with Crippen molar-refractivity contribution in [2.24, 2.45) is 0 Å². The average molecular weight is 258 g/mol. The summed E-state index contributed by atoms with van der Waals surface area (Å²) in [7, 11) is 0. The summed E-state index contributed by atoms with van der Waals surface area (Å²) in [4.78, 5) is 12.0. The van der Waals surface area contributed by atoms with Crippen LogP contribution in [0.2, 0.25) is 0 Å². The van der Waals surface area contributed by atoms with Gasteiger partial charge in [0.15, 0.2) is 0 Å². The lowest BCUT2D eigenvalue weighted by Gasteiger charge is -2.08. The van der Waals surface area contributed by atoms with Gasteiger partial charge in [-0.25, -0.2) is 0 Å². The van der Waals surface area contributed by atoms with Gasteiger partial charge < -0.3 is 21.3 Å². The number of amides is 1. The molecule has 0 aliphatic heterocycles. The molecule has 98 valence electrons. The van der Waals surface area contributed by atoms with E-state index in [4.69, 9.17) is 5.73 Å². The maximum atomic E-state index is 12.0. The predicted octanol–water partition coefficient (Wildman–Crippen LogP) is 2.24. The van der Waals surface area contributed by atoms with Gasteiger partial charge in [0.2, 0.25) is 0 Å². The second kappa shape index (κ2) is 4.89. The number of rotatable bonds is 2. The van der Waals surface area contributed by atoms with E-state index in [1.165, 1.54) is 12.1 Å². The van der Waals surface area contributed by atoms with Crippen LogP contribution in [0.1, 0.15) is 15.9 Å². The molecule has 0 aliphatic carbocycles. The number of phenolic OH excluding ortho intramolecular Hbond substituents is 2. The van der Waals surface area contributed by atoms with Crippen LogP contribution in [0.5, 0.6) is 11.5 Å². The molecule has 0 bridgehead atoms. The molecule has 5 nitrogen and oxygen atoms in total. The zero-order chi connectivity index (χ0) is 14.0. The summed E-state index contributed by atoms with van der Waals surface area (Å²) in [5, 5.41) is 21.3. The van der Waals surface area contributed by atoms with Crippen LogP contribution < -0.4 is 11.1 Å². The minimum absolute atomic E-state index is 0.168. The molecule has 19 heavy (non-hydrogen) atoms. The van der Waals surface area contributed by atoms with E-state index in [1.54, 1.807) is 18.2 Å². The Morgan fingerprint density at radius 1 is 1.11 bits per heavy atom. The SMILES string of the molecule is Cc1cc(NC(=O)c2cc(O)cc(O)c2)ccc1N. The molecular weight excluding hydrogens is 244 g/mol. The highest BCUT2D eigenvalue weighted by molar-refractivity contribution is 6.04. The van der Waals surface area contributed by atoms with Gasteiger partial charge in [0.05, 0.1) is 0 Å². The van der Waals surface area contributed by atoms with Gasteiger partial charge in [0.1, 0.15) is 11.5 Å². The summed E-state index contributed by atoms with van der Waals surface area (Å²) >= 11 is 0. The molecule has 0 spiro atoms. The number of benzene rings is 2. The third-order valence-electron chi connectivity index (χ3n) is 2.69. The summed E-state index contributed by atoms with van der Waals surface area (Å²) in [6.07, 6.45) is 0. The number of phenols is 2. The van der Waals surface area contributed by atoms with Crippen molar-refractivity contribution in [2.75, 3.05) is 11.1 Å². The number of hydrogen-bond acceptors (Lipinski definition) is 4. The quantitative estimate of drug-likeness (QED) is 0.621. The van der Waals surface area contributed by atoms with Crippen molar-refractivity contribution in [1.82, 2.24) is 0 Å². The number of carbonyl (C=O) groups excluding carboxylic acids is 1. The van der Waals surface area contributed by atoms with Crippen LogP contribution in [-0.2, 0) is 0 Å². The molecule has 0 unspecified atom stereocenters. The van der Waals surface area contributed by atoms with Crippen molar-refractivity contribution < 1.29 is 15.0 Å². The van der Waals surface area contributed by atoms with Gasteiger partial charge in [-0.15, -0.1) is 0 Å². The predicted molar refractivity (Wildman–Crippen MR) is 73.3 cm³/mol. The number of aryl methyl sites for hydroxylation is 1. The van der Waals surface area contributed by atoms with E-state index in [-0.39, 0.29) is 17.1 Å². The van der Waals surface area contributed by atoms with Gasteiger partial charge in [-0.1, -0.05) is 0 Å². The monoisotopic (exact) mass is 258 g/mol. The maximum absolute atomic E-state index is 12.0. The van der Waals surface area contributed by atoms with E-state index in [0.29, 0.717) is 11.4 Å². The molecule has 2 rings (SSSR count). The summed E-state index contributed by atoms with van der Waals surface area (Å²) in [6.45, 7) is 1.84. The molecule has 0 atom stereocenters. The molecule has 0 radical (unpaired) electrons. The second-order valence-corrected chi connectivity index (χ2v) is 4.26. The van der Waals surface area contributed by atoms with Gasteiger partial charge in [-0.05, 0) is 42.8 Å². The molecule has 1 amide bonds. The van der Waals surface area contributed by atoms with E-state index in [0.717, 1.165) is 11.6 Å². The topological polar surface area (TPSA) is 95.6 Å². The zero-order valence-electron chi connectivity index (χ0n) is 10.3. The van der Waals surface area contributed by atoms with Crippen LogP contribution in [0.4, 0.5) is 11.4 Å². The number of hydrogen-bond donors (Lipinski definition) is 4. The highest BCUT2D eigenvalue weighted by atomic mass is 16.3. The van der Waals surface area contributed by atoms with Crippen LogP contribution in [0, 0.1) is 6.92 Å². The second-order valence-electron chi connectivity index (χ2n) is 4.26. The Morgan fingerprint density at radius 3 is 2.32 bits per heavy atom. The Kier molecular flexibility index (Phi) is 3.29. The van der Waals surface area contributed by atoms with Gasteiger partial charge in [0, 0.05) is 23.0 Å². The normalized spacial score (nSPS) is 10.2. The first kappa shape index (κ1) is 12.8. The summed E-state index contributed by atoms with van der Waals surface area (Å²) in [5.74, 6) is -0.757. The van der Waals surface area contributed by atoms with Crippen molar-refractivity contribution in [3.05, 3.63) is 47.5 Å². The Morgan fingerprint density at radius 2 is 1.74 bits per heavy atom. The number of aromatic hydroxyl groups is 2. The molecule has 0 saturated heterocycles. The third kappa shape index (κ3) is 2.95. The lowest BCUT2D eigenvalue weighted by molar-refractivity contribution is 0.102. The lowest BCUT2D eigenvalue weighted by atomic mass is 10.1. The largest absolute Gasteiger partial charge is 0.508 e. The zero-order valence-corrected chi connectivity index (χ0v) is 10.3.